The van der Waals surface area contributed by atoms with Crippen LogP contribution in [0.1, 0.15) is 23.7 Å². The van der Waals surface area contributed by atoms with Crippen molar-refractivity contribution in [3.05, 3.63) is 48.3 Å². The standard InChI is InChI=1S/C19H19N3O3/c1-2-8-22-12-15(14-4-3-7-20-18(14)22)19(23)21-13-5-6-16-17(11-13)25-10-9-24-16/h3-7,11-12H,2,8-10H2,1H3,(H,21,23). The van der Waals surface area contributed by atoms with Crippen LogP contribution in [0, 0.1) is 0 Å². The van der Waals surface area contributed by atoms with E-state index in [1.807, 2.05) is 35.0 Å². The maximum atomic E-state index is 12.8. The summed E-state index contributed by atoms with van der Waals surface area (Å²) in [5.74, 6) is 1.19. The Morgan fingerprint density at radius 2 is 2.08 bits per heavy atom. The lowest BCUT2D eigenvalue weighted by molar-refractivity contribution is 0.102. The summed E-state index contributed by atoms with van der Waals surface area (Å²) in [4.78, 5) is 17.2. The van der Waals surface area contributed by atoms with E-state index in [-0.39, 0.29) is 5.91 Å². The van der Waals surface area contributed by atoms with Crippen LogP contribution in [0.2, 0.25) is 0 Å². The highest BCUT2D eigenvalue weighted by Crippen LogP contribution is 2.33. The molecule has 25 heavy (non-hydrogen) atoms. The molecular weight excluding hydrogens is 318 g/mol. The van der Waals surface area contributed by atoms with Crippen LogP contribution in [0.25, 0.3) is 11.0 Å². The van der Waals surface area contributed by atoms with Gasteiger partial charge in [-0.2, -0.15) is 0 Å². The minimum absolute atomic E-state index is 0.162. The Labute approximate surface area is 145 Å². The molecule has 0 saturated carbocycles. The van der Waals surface area contributed by atoms with Crippen molar-refractivity contribution in [2.24, 2.45) is 0 Å². The van der Waals surface area contributed by atoms with Crippen LogP contribution in [-0.2, 0) is 6.54 Å². The number of nitrogens with one attached hydrogen (secondary N) is 1. The molecule has 6 nitrogen and oxygen atoms in total. The van der Waals surface area contributed by atoms with Crippen molar-refractivity contribution in [3.63, 3.8) is 0 Å². The number of hydrogen-bond donors (Lipinski definition) is 1. The number of aromatic nitrogens is 2. The van der Waals surface area contributed by atoms with E-state index in [2.05, 4.69) is 17.2 Å². The Hall–Kier alpha value is -3.02. The molecule has 128 valence electrons. The summed E-state index contributed by atoms with van der Waals surface area (Å²) in [5, 5.41) is 3.79. The zero-order chi connectivity index (χ0) is 17.2. The van der Waals surface area contributed by atoms with Crippen molar-refractivity contribution in [1.82, 2.24) is 9.55 Å². The molecule has 0 aliphatic carbocycles. The van der Waals surface area contributed by atoms with E-state index in [0.717, 1.165) is 24.0 Å². The largest absolute Gasteiger partial charge is 0.486 e. The number of aryl methyl sites for hydroxylation is 1. The second-order valence-electron chi connectivity index (χ2n) is 5.92. The van der Waals surface area contributed by atoms with Gasteiger partial charge in [-0.15, -0.1) is 0 Å². The van der Waals surface area contributed by atoms with Crippen LogP contribution >= 0.6 is 0 Å². The van der Waals surface area contributed by atoms with Crippen molar-refractivity contribution in [2.45, 2.75) is 19.9 Å². The third kappa shape index (κ3) is 2.91. The van der Waals surface area contributed by atoms with Gasteiger partial charge in [0.15, 0.2) is 11.5 Å². The van der Waals surface area contributed by atoms with Crippen LogP contribution in [-0.4, -0.2) is 28.7 Å². The normalized spacial score (nSPS) is 13.0. The molecule has 0 unspecified atom stereocenters. The number of ether oxygens (including phenoxy) is 2. The molecule has 0 radical (unpaired) electrons. The van der Waals surface area contributed by atoms with E-state index in [0.29, 0.717) is 36.0 Å². The fourth-order valence-electron chi connectivity index (χ4n) is 3.03. The molecular formula is C19H19N3O3. The highest BCUT2D eigenvalue weighted by Gasteiger charge is 2.17. The van der Waals surface area contributed by atoms with Crippen LogP contribution in [0.3, 0.4) is 0 Å². The number of hydrogen-bond acceptors (Lipinski definition) is 4. The molecule has 3 heterocycles. The maximum absolute atomic E-state index is 12.8. The van der Waals surface area contributed by atoms with Crippen molar-refractivity contribution in [1.29, 1.82) is 0 Å². The highest BCUT2D eigenvalue weighted by molar-refractivity contribution is 6.12. The van der Waals surface area contributed by atoms with Gasteiger partial charge in [0, 0.05) is 36.1 Å². The molecule has 1 aliphatic rings. The fraction of sp³-hybridized carbons (Fsp3) is 0.263. The third-order valence-corrected chi connectivity index (χ3v) is 4.14. The second-order valence-corrected chi connectivity index (χ2v) is 5.92. The number of rotatable bonds is 4. The molecule has 1 aliphatic heterocycles. The average Bonchev–Trinajstić information content (AvgIpc) is 3.01. The summed E-state index contributed by atoms with van der Waals surface area (Å²) >= 11 is 0. The van der Waals surface area contributed by atoms with E-state index in [9.17, 15) is 4.79 Å². The summed E-state index contributed by atoms with van der Waals surface area (Å²) < 4.78 is 13.1. The third-order valence-electron chi connectivity index (χ3n) is 4.14. The first-order valence-corrected chi connectivity index (χ1v) is 8.41. The van der Waals surface area contributed by atoms with Crippen LogP contribution in [0.15, 0.2) is 42.7 Å². The van der Waals surface area contributed by atoms with Crippen molar-refractivity contribution in [3.8, 4) is 11.5 Å². The number of nitrogens with zero attached hydrogens (tertiary/aromatic N) is 2. The van der Waals surface area contributed by atoms with Gasteiger partial charge in [-0.25, -0.2) is 4.98 Å². The lowest BCUT2D eigenvalue weighted by Gasteiger charge is -2.18. The van der Waals surface area contributed by atoms with Gasteiger partial charge >= 0.3 is 0 Å². The van der Waals surface area contributed by atoms with Crippen molar-refractivity contribution < 1.29 is 14.3 Å². The Balaban J connectivity index is 1.64. The van der Waals surface area contributed by atoms with Gasteiger partial charge in [-0.05, 0) is 30.7 Å². The molecule has 0 atom stereocenters. The average molecular weight is 337 g/mol. The molecule has 0 saturated heterocycles. The quantitative estimate of drug-likeness (QED) is 0.792. The molecule has 3 aromatic rings. The Bertz CT molecular complexity index is 933. The molecule has 0 spiro atoms. The van der Waals surface area contributed by atoms with Gasteiger partial charge in [0.1, 0.15) is 18.9 Å². The molecule has 4 rings (SSSR count). The number of carbonyl (C=O) groups is 1. The summed E-state index contributed by atoms with van der Waals surface area (Å²) in [6.45, 7) is 3.98. The molecule has 1 N–H and O–H groups in total. The summed E-state index contributed by atoms with van der Waals surface area (Å²) in [6.07, 6.45) is 4.59. The van der Waals surface area contributed by atoms with E-state index in [4.69, 9.17) is 9.47 Å². The molecule has 1 aromatic carbocycles. The van der Waals surface area contributed by atoms with Gasteiger partial charge in [0.25, 0.3) is 5.91 Å². The lowest BCUT2D eigenvalue weighted by atomic mass is 10.2. The molecule has 0 bridgehead atoms. The summed E-state index contributed by atoms with van der Waals surface area (Å²) in [6, 6.07) is 9.18. The predicted molar refractivity (Wildman–Crippen MR) is 95.4 cm³/mol. The number of anilines is 1. The number of benzene rings is 1. The van der Waals surface area contributed by atoms with Crippen molar-refractivity contribution in [2.75, 3.05) is 18.5 Å². The second kappa shape index (κ2) is 6.47. The first kappa shape index (κ1) is 15.5. The highest BCUT2D eigenvalue weighted by atomic mass is 16.6. The minimum atomic E-state index is -0.162. The monoisotopic (exact) mass is 337 g/mol. The lowest BCUT2D eigenvalue weighted by Crippen LogP contribution is -2.16. The number of pyridine rings is 1. The summed E-state index contributed by atoms with van der Waals surface area (Å²) in [7, 11) is 0. The molecule has 2 aromatic heterocycles. The van der Waals surface area contributed by atoms with Crippen LogP contribution in [0.4, 0.5) is 5.69 Å². The van der Waals surface area contributed by atoms with Crippen LogP contribution < -0.4 is 14.8 Å². The predicted octanol–water partition coefficient (Wildman–Crippen LogP) is 3.47. The zero-order valence-electron chi connectivity index (χ0n) is 14.0. The molecule has 6 heteroatoms. The van der Waals surface area contributed by atoms with Gasteiger partial charge in [0.05, 0.1) is 5.56 Å². The van der Waals surface area contributed by atoms with Crippen molar-refractivity contribution >= 4 is 22.6 Å². The maximum Gasteiger partial charge on any atom is 0.257 e. The van der Waals surface area contributed by atoms with E-state index in [1.165, 1.54) is 0 Å². The van der Waals surface area contributed by atoms with E-state index < -0.39 is 0 Å². The Morgan fingerprint density at radius 3 is 2.92 bits per heavy atom. The van der Waals surface area contributed by atoms with E-state index >= 15 is 0 Å². The van der Waals surface area contributed by atoms with Crippen LogP contribution in [0.5, 0.6) is 11.5 Å². The zero-order valence-corrected chi connectivity index (χ0v) is 14.0. The Morgan fingerprint density at radius 1 is 1.24 bits per heavy atom. The SMILES string of the molecule is CCCn1cc(C(=O)Nc2ccc3c(c2)OCCO3)c2cccnc21. The van der Waals surface area contributed by atoms with Gasteiger partial charge in [0.2, 0.25) is 0 Å². The molecule has 1 amide bonds. The Kier molecular flexibility index (Phi) is 4.01. The number of carbonyl (C=O) groups excluding carboxylic acids is 1. The minimum Gasteiger partial charge on any atom is -0.486 e. The first-order chi connectivity index (χ1) is 12.3. The summed E-state index contributed by atoms with van der Waals surface area (Å²) in [5.41, 5.74) is 2.12. The number of fused-ring (bicyclic) bond motifs is 2. The first-order valence-electron chi connectivity index (χ1n) is 8.41. The van der Waals surface area contributed by atoms with Gasteiger partial charge in [-0.1, -0.05) is 6.92 Å². The van der Waals surface area contributed by atoms with E-state index in [1.54, 1.807) is 12.3 Å². The van der Waals surface area contributed by atoms with Gasteiger partial charge < -0.3 is 19.4 Å². The fourth-order valence-corrected chi connectivity index (χ4v) is 3.03. The topological polar surface area (TPSA) is 65.4 Å². The number of amides is 1. The molecule has 0 fully saturated rings. The van der Waals surface area contributed by atoms with Gasteiger partial charge in [-0.3, -0.25) is 4.79 Å². The smallest absolute Gasteiger partial charge is 0.257 e.